The molecule has 0 saturated carbocycles. The van der Waals surface area contributed by atoms with Crippen LogP contribution in [0.2, 0.25) is 0 Å². The van der Waals surface area contributed by atoms with Crippen LogP contribution in [0.15, 0.2) is 24.3 Å². The van der Waals surface area contributed by atoms with E-state index in [0.717, 1.165) is 12.8 Å². The number of carbonyl (C=O) groups is 1. The summed E-state index contributed by atoms with van der Waals surface area (Å²) >= 11 is 0. The molecular weight excluding hydrogens is 412 g/mol. The lowest BCUT2D eigenvalue weighted by molar-refractivity contribution is -0.152. The van der Waals surface area contributed by atoms with E-state index in [4.69, 9.17) is 14.6 Å². The molecule has 4 nitrogen and oxygen atoms in total. The van der Waals surface area contributed by atoms with Crippen molar-refractivity contribution in [1.29, 1.82) is 0 Å². The predicted octanol–water partition coefficient (Wildman–Crippen LogP) is 8.08. The molecule has 0 aromatic carbocycles. The van der Waals surface area contributed by atoms with E-state index in [9.17, 15) is 4.79 Å². The molecule has 0 bridgehead atoms. The second-order valence-electron chi connectivity index (χ2n) is 9.19. The summed E-state index contributed by atoms with van der Waals surface area (Å²) in [6.45, 7) is 4.37. The van der Waals surface area contributed by atoms with E-state index < -0.39 is 6.10 Å². The van der Waals surface area contributed by atoms with E-state index in [1.54, 1.807) is 0 Å². The van der Waals surface area contributed by atoms with Crippen LogP contribution in [0.4, 0.5) is 0 Å². The third kappa shape index (κ3) is 27.0. The smallest absolute Gasteiger partial charge is 0.303 e. The molecule has 1 atom stereocenters. The molecule has 0 aromatic rings. The maximum Gasteiger partial charge on any atom is 0.303 e. The zero-order valence-corrected chi connectivity index (χ0v) is 21.9. The lowest BCUT2D eigenvalue weighted by Crippen LogP contribution is -2.26. The Morgan fingerprint density at radius 3 is 1.70 bits per heavy atom. The molecule has 1 N–H and O–H groups in total. The quantitative estimate of drug-likeness (QED) is 0.0839. The highest BCUT2D eigenvalue weighted by Crippen LogP contribution is 2.12. The van der Waals surface area contributed by atoms with Crippen molar-refractivity contribution in [3.05, 3.63) is 24.3 Å². The van der Waals surface area contributed by atoms with Gasteiger partial charge in [0, 0.05) is 13.5 Å². The first-order valence-corrected chi connectivity index (χ1v) is 13.9. The number of allylic oxidation sites excluding steroid dienone is 4. The molecule has 0 amide bonds. The summed E-state index contributed by atoms with van der Waals surface area (Å²) in [7, 11) is 0. The molecule has 0 radical (unpaired) electrons. The Balaban J connectivity index is 3.23. The second-order valence-corrected chi connectivity index (χ2v) is 9.19. The molecule has 1 unspecified atom stereocenters. The topological polar surface area (TPSA) is 55.8 Å². The van der Waals surface area contributed by atoms with Crippen LogP contribution < -0.4 is 0 Å². The first-order valence-electron chi connectivity index (χ1n) is 13.9. The highest BCUT2D eigenvalue weighted by atomic mass is 16.6. The van der Waals surface area contributed by atoms with Gasteiger partial charge in [0.1, 0.15) is 6.10 Å². The van der Waals surface area contributed by atoms with Crippen LogP contribution in [-0.4, -0.2) is 37.0 Å². The van der Waals surface area contributed by atoms with Crippen molar-refractivity contribution in [2.75, 3.05) is 19.8 Å². The third-order valence-corrected chi connectivity index (χ3v) is 5.83. The van der Waals surface area contributed by atoms with Crippen LogP contribution in [-0.2, 0) is 14.3 Å². The summed E-state index contributed by atoms with van der Waals surface area (Å²) in [4.78, 5) is 10.9. The fourth-order valence-electron chi connectivity index (χ4n) is 3.83. The molecule has 0 aliphatic rings. The van der Waals surface area contributed by atoms with E-state index in [1.807, 2.05) is 0 Å². The summed E-state index contributed by atoms with van der Waals surface area (Å²) < 4.78 is 10.4. The standard InChI is InChI=1S/C29H54O4/c1-3-4-5-6-7-8-9-10-11-12-13-14-15-16-17-18-19-20-21-22-23-24-25-32-27-29(26-30)33-28(2)31/h9-10,12-13,29-30H,3-8,11,14-27H2,1-2H3/b10-9-,13-12-. The van der Waals surface area contributed by atoms with Gasteiger partial charge in [-0.05, 0) is 38.5 Å². The van der Waals surface area contributed by atoms with Crippen molar-refractivity contribution >= 4 is 5.97 Å². The van der Waals surface area contributed by atoms with Gasteiger partial charge in [0.15, 0.2) is 0 Å². The van der Waals surface area contributed by atoms with E-state index in [0.29, 0.717) is 6.61 Å². The number of esters is 1. The molecule has 0 aliphatic carbocycles. The maximum atomic E-state index is 10.9. The van der Waals surface area contributed by atoms with Gasteiger partial charge in [0.05, 0.1) is 13.2 Å². The average Bonchev–Trinajstić information content (AvgIpc) is 2.80. The largest absolute Gasteiger partial charge is 0.458 e. The Labute approximate surface area is 205 Å². The first-order chi connectivity index (χ1) is 16.2. The lowest BCUT2D eigenvalue weighted by Gasteiger charge is -2.14. The average molecular weight is 467 g/mol. The fourth-order valence-corrected chi connectivity index (χ4v) is 3.83. The summed E-state index contributed by atoms with van der Waals surface area (Å²) in [5.74, 6) is -0.378. The minimum Gasteiger partial charge on any atom is -0.458 e. The van der Waals surface area contributed by atoms with Gasteiger partial charge in [-0.1, -0.05) is 108 Å². The second kappa shape index (κ2) is 27.1. The Kier molecular flexibility index (Phi) is 26.2. The minimum absolute atomic E-state index is 0.187. The SMILES string of the molecule is CCCCCCC/C=C\C/C=C\CCCCCCCCCCCCOCC(CO)OC(C)=O. The highest BCUT2D eigenvalue weighted by Gasteiger charge is 2.10. The zero-order valence-electron chi connectivity index (χ0n) is 21.9. The van der Waals surface area contributed by atoms with Gasteiger partial charge < -0.3 is 14.6 Å². The third-order valence-electron chi connectivity index (χ3n) is 5.83. The minimum atomic E-state index is -0.532. The Morgan fingerprint density at radius 1 is 0.727 bits per heavy atom. The van der Waals surface area contributed by atoms with Crippen LogP contribution in [0.25, 0.3) is 0 Å². The summed E-state index contributed by atoms with van der Waals surface area (Å²) in [6, 6.07) is 0. The predicted molar refractivity (Wildman–Crippen MR) is 141 cm³/mol. The van der Waals surface area contributed by atoms with Crippen molar-refractivity contribution in [1.82, 2.24) is 0 Å². The normalized spacial score (nSPS) is 12.7. The van der Waals surface area contributed by atoms with Gasteiger partial charge >= 0.3 is 5.97 Å². The fraction of sp³-hybridized carbons (Fsp3) is 0.828. The van der Waals surface area contributed by atoms with E-state index in [1.165, 1.54) is 110 Å². The Morgan fingerprint density at radius 2 is 1.21 bits per heavy atom. The number of aliphatic hydroxyl groups excluding tert-OH is 1. The van der Waals surface area contributed by atoms with Gasteiger partial charge in [-0.3, -0.25) is 4.79 Å². The van der Waals surface area contributed by atoms with E-state index in [2.05, 4.69) is 31.2 Å². The van der Waals surface area contributed by atoms with Gasteiger partial charge in [-0.25, -0.2) is 0 Å². The Bertz CT molecular complexity index is 459. The molecule has 0 saturated heterocycles. The highest BCUT2D eigenvalue weighted by molar-refractivity contribution is 5.66. The number of unbranched alkanes of at least 4 members (excludes halogenated alkanes) is 15. The van der Waals surface area contributed by atoms with Gasteiger partial charge in [0.25, 0.3) is 0 Å². The monoisotopic (exact) mass is 466 g/mol. The van der Waals surface area contributed by atoms with Crippen LogP contribution in [0, 0.1) is 0 Å². The van der Waals surface area contributed by atoms with Gasteiger partial charge in [0.2, 0.25) is 0 Å². The summed E-state index contributed by atoms with van der Waals surface area (Å²) in [5, 5.41) is 9.10. The molecule has 33 heavy (non-hydrogen) atoms. The van der Waals surface area contributed by atoms with Crippen molar-refractivity contribution < 1.29 is 19.4 Å². The number of ether oxygens (including phenoxy) is 2. The lowest BCUT2D eigenvalue weighted by atomic mass is 10.1. The van der Waals surface area contributed by atoms with Crippen LogP contribution >= 0.6 is 0 Å². The maximum absolute atomic E-state index is 10.9. The molecule has 0 fully saturated rings. The zero-order chi connectivity index (χ0) is 24.2. The van der Waals surface area contributed by atoms with Crippen molar-refractivity contribution in [2.45, 2.75) is 136 Å². The number of carbonyl (C=O) groups excluding carboxylic acids is 1. The molecule has 0 rings (SSSR count). The van der Waals surface area contributed by atoms with Crippen molar-refractivity contribution in [3.8, 4) is 0 Å². The number of rotatable bonds is 25. The van der Waals surface area contributed by atoms with Gasteiger partial charge in [-0.15, -0.1) is 0 Å². The van der Waals surface area contributed by atoms with E-state index >= 15 is 0 Å². The van der Waals surface area contributed by atoms with Crippen LogP contribution in [0.1, 0.15) is 129 Å². The summed E-state index contributed by atoms with van der Waals surface area (Å²) in [6.07, 6.45) is 32.1. The Hall–Kier alpha value is -1.13. The van der Waals surface area contributed by atoms with Crippen molar-refractivity contribution in [3.63, 3.8) is 0 Å². The molecule has 0 heterocycles. The molecule has 0 aromatic heterocycles. The number of hydrogen-bond acceptors (Lipinski definition) is 4. The molecule has 0 aliphatic heterocycles. The molecule has 4 heteroatoms. The molecule has 0 spiro atoms. The summed E-state index contributed by atoms with van der Waals surface area (Å²) in [5.41, 5.74) is 0. The number of hydrogen-bond donors (Lipinski definition) is 1. The molecule has 194 valence electrons. The first kappa shape index (κ1) is 31.9. The van der Waals surface area contributed by atoms with E-state index in [-0.39, 0.29) is 19.2 Å². The van der Waals surface area contributed by atoms with Gasteiger partial charge in [-0.2, -0.15) is 0 Å². The van der Waals surface area contributed by atoms with Crippen molar-refractivity contribution in [2.24, 2.45) is 0 Å². The van der Waals surface area contributed by atoms with Crippen LogP contribution in [0.5, 0.6) is 0 Å². The number of aliphatic hydroxyl groups is 1. The molecular formula is C29H54O4. The van der Waals surface area contributed by atoms with Crippen LogP contribution in [0.3, 0.4) is 0 Å².